The van der Waals surface area contributed by atoms with Crippen LogP contribution in [0.15, 0.2) is 64.5 Å². The highest BCUT2D eigenvalue weighted by atomic mass is 32.2. The van der Waals surface area contributed by atoms with Crippen molar-refractivity contribution in [3.05, 3.63) is 76.6 Å². The van der Waals surface area contributed by atoms with Crippen molar-refractivity contribution in [1.29, 1.82) is 0 Å². The van der Waals surface area contributed by atoms with Gasteiger partial charge in [0.05, 0.1) is 16.2 Å². The van der Waals surface area contributed by atoms with Gasteiger partial charge in [0.25, 0.3) is 5.56 Å². The predicted octanol–water partition coefficient (Wildman–Crippen LogP) is 4.23. The molecule has 4 aromatic rings. The van der Waals surface area contributed by atoms with E-state index in [0.29, 0.717) is 22.6 Å². The summed E-state index contributed by atoms with van der Waals surface area (Å²) in [5.41, 5.74) is 1.65. The van der Waals surface area contributed by atoms with Crippen LogP contribution in [-0.2, 0) is 0 Å². The minimum atomic E-state index is -0.115. The fourth-order valence-electron chi connectivity index (χ4n) is 3.29. The summed E-state index contributed by atoms with van der Waals surface area (Å²) in [5, 5.41) is 10.3. The topological polar surface area (TPSA) is 76.5 Å². The largest absolute Gasteiger partial charge is 0.309 e. The molecule has 1 atom stereocenters. The fraction of sp³-hybridized carbons (Fsp3) is 0.238. The molecule has 2 heterocycles. The number of thioether (sulfide) groups is 1. The second-order valence-corrected chi connectivity index (χ2v) is 8.32. The highest BCUT2D eigenvalue weighted by Gasteiger charge is 2.31. The van der Waals surface area contributed by atoms with Gasteiger partial charge in [-0.15, -0.1) is 10.2 Å². The molecule has 0 unspecified atom stereocenters. The maximum atomic E-state index is 12.4. The molecule has 6 nitrogen and oxygen atoms in total. The molecule has 140 valence electrons. The van der Waals surface area contributed by atoms with Gasteiger partial charge in [-0.3, -0.25) is 9.36 Å². The lowest BCUT2D eigenvalue weighted by molar-refractivity contribution is 0.822. The van der Waals surface area contributed by atoms with E-state index >= 15 is 0 Å². The number of rotatable bonds is 5. The predicted molar refractivity (Wildman–Crippen MR) is 110 cm³/mol. The molecule has 5 rings (SSSR count). The average Bonchev–Trinajstić information content (AvgIpc) is 3.49. The third-order valence-electron chi connectivity index (χ3n) is 4.91. The summed E-state index contributed by atoms with van der Waals surface area (Å²) < 4.78 is 2.14. The van der Waals surface area contributed by atoms with Gasteiger partial charge in [-0.1, -0.05) is 42.1 Å². The Morgan fingerprint density at radius 2 is 1.82 bits per heavy atom. The van der Waals surface area contributed by atoms with E-state index in [4.69, 9.17) is 0 Å². The second kappa shape index (κ2) is 6.91. The molecule has 2 aromatic heterocycles. The first-order chi connectivity index (χ1) is 13.7. The van der Waals surface area contributed by atoms with Gasteiger partial charge in [-0.05, 0) is 44.0 Å². The van der Waals surface area contributed by atoms with E-state index in [9.17, 15) is 4.79 Å². The molecule has 0 amide bonds. The van der Waals surface area contributed by atoms with Crippen LogP contribution in [-0.4, -0.2) is 24.7 Å². The van der Waals surface area contributed by atoms with Crippen LogP contribution in [0.5, 0.6) is 0 Å². The van der Waals surface area contributed by atoms with Crippen LogP contribution in [0.25, 0.3) is 16.6 Å². The quantitative estimate of drug-likeness (QED) is 0.517. The van der Waals surface area contributed by atoms with Crippen molar-refractivity contribution < 1.29 is 0 Å². The van der Waals surface area contributed by atoms with Gasteiger partial charge in [0.15, 0.2) is 5.16 Å². The van der Waals surface area contributed by atoms with Gasteiger partial charge in [-0.25, -0.2) is 4.98 Å². The molecule has 0 radical (unpaired) electrons. The molecule has 0 aliphatic heterocycles. The SMILES string of the molecule is C[C@H](Sc1nnc(C2CC2)n1-c1ccccc1)c1nc2ccccc2c(=O)[nH]1. The first kappa shape index (κ1) is 17.2. The second-order valence-electron chi connectivity index (χ2n) is 7.01. The summed E-state index contributed by atoms with van der Waals surface area (Å²) in [7, 11) is 0. The minimum absolute atomic E-state index is 0.0731. The summed E-state index contributed by atoms with van der Waals surface area (Å²) in [6.07, 6.45) is 2.31. The third-order valence-corrected chi connectivity index (χ3v) is 5.97. The number of hydrogen-bond donors (Lipinski definition) is 1. The standard InChI is InChI=1S/C21H19N5OS/c1-13(18-22-17-10-6-5-9-16(17)20(27)23-18)28-21-25-24-19(14-11-12-14)26(21)15-7-3-2-4-8-15/h2-10,13-14H,11-12H2,1H3,(H,22,23,27)/t13-/m0/s1. The van der Waals surface area contributed by atoms with E-state index in [1.807, 2.05) is 43.3 Å². The van der Waals surface area contributed by atoms with Crippen LogP contribution in [0.2, 0.25) is 0 Å². The Hall–Kier alpha value is -2.93. The summed E-state index contributed by atoms with van der Waals surface area (Å²) in [4.78, 5) is 20.0. The van der Waals surface area contributed by atoms with Crippen LogP contribution in [0, 0.1) is 0 Å². The van der Waals surface area contributed by atoms with Crippen LogP contribution < -0.4 is 5.56 Å². The van der Waals surface area contributed by atoms with E-state index in [0.717, 1.165) is 29.5 Å². The first-order valence-electron chi connectivity index (χ1n) is 9.37. The fourth-order valence-corrected chi connectivity index (χ4v) is 4.23. The molecule has 0 spiro atoms. The van der Waals surface area contributed by atoms with Crippen LogP contribution >= 0.6 is 11.8 Å². The summed E-state index contributed by atoms with van der Waals surface area (Å²) in [6.45, 7) is 2.03. The van der Waals surface area contributed by atoms with Crippen molar-refractivity contribution in [2.75, 3.05) is 0 Å². The molecule has 1 N–H and O–H groups in total. The van der Waals surface area contributed by atoms with E-state index in [1.165, 1.54) is 0 Å². The van der Waals surface area contributed by atoms with Crippen molar-refractivity contribution in [2.24, 2.45) is 0 Å². The third kappa shape index (κ3) is 3.11. The Labute approximate surface area is 166 Å². The van der Waals surface area contributed by atoms with E-state index in [2.05, 4.69) is 36.9 Å². The maximum absolute atomic E-state index is 12.4. The Kier molecular flexibility index (Phi) is 4.24. The number of fused-ring (bicyclic) bond motifs is 1. The lowest BCUT2D eigenvalue weighted by Gasteiger charge is -2.13. The lowest BCUT2D eigenvalue weighted by atomic mass is 10.2. The van der Waals surface area contributed by atoms with Crippen molar-refractivity contribution in [1.82, 2.24) is 24.7 Å². The Morgan fingerprint density at radius 1 is 1.07 bits per heavy atom. The number of nitrogens with one attached hydrogen (secondary N) is 1. The van der Waals surface area contributed by atoms with Gasteiger partial charge in [0, 0.05) is 11.6 Å². The molecule has 7 heteroatoms. The van der Waals surface area contributed by atoms with Crippen molar-refractivity contribution >= 4 is 22.7 Å². The molecule has 0 bridgehead atoms. The smallest absolute Gasteiger partial charge is 0.258 e. The molecule has 2 aromatic carbocycles. The minimum Gasteiger partial charge on any atom is -0.309 e. The lowest BCUT2D eigenvalue weighted by Crippen LogP contribution is -2.13. The van der Waals surface area contributed by atoms with Crippen molar-refractivity contribution in [3.8, 4) is 5.69 Å². The van der Waals surface area contributed by atoms with Gasteiger partial charge in [0.1, 0.15) is 11.6 Å². The summed E-state index contributed by atoms with van der Waals surface area (Å²) in [5.74, 6) is 2.14. The number of para-hydroxylation sites is 2. The van der Waals surface area contributed by atoms with Crippen molar-refractivity contribution in [3.63, 3.8) is 0 Å². The molecular formula is C21H19N5OS. The van der Waals surface area contributed by atoms with Crippen molar-refractivity contribution in [2.45, 2.75) is 36.1 Å². The Morgan fingerprint density at radius 3 is 2.61 bits per heavy atom. The van der Waals surface area contributed by atoms with E-state index < -0.39 is 0 Å². The molecule has 1 aliphatic carbocycles. The zero-order valence-corrected chi connectivity index (χ0v) is 16.2. The molecule has 28 heavy (non-hydrogen) atoms. The Bertz CT molecular complexity index is 1200. The number of hydrogen-bond acceptors (Lipinski definition) is 5. The molecule has 1 saturated carbocycles. The zero-order valence-electron chi connectivity index (χ0n) is 15.4. The summed E-state index contributed by atoms with van der Waals surface area (Å²) >= 11 is 1.56. The number of aromatic amines is 1. The van der Waals surface area contributed by atoms with Gasteiger partial charge in [0.2, 0.25) is 0 Å². The number of benzene rings is 2. The number of nitrogens with zero attached hydrogens (tertiary/aromatic N) is 4. The molecule has 0 saturated heterocycles. The average molecular weight is 389 g/mol. The number of aromatic nitrogens is 5. The van der Waals surface area contributed by atoms with Gasteiger partial charge in [-0.2, -0.15) is 0 Å². The summed E-state index contributed by atoms with van der Waals surface area (Å²) in [6, 6.07) is 17.6. The highest BCUT2D eigenvalue weighted by molar-refractivity contribution is 7.99. The maximum Gasteiger partial charge on any atom is 0.258 e. The highest BCUT2D eigenvalue weighted by Crippen LogP contribution is 2.42. The molecular weight excluding hydrogens is 370 g/mol. The Balaban J connectivity index is 1.52. The molecule has 1 aliphatic rings. The monoisotopic (exact) mass is 389 g/mol. The van der Waals surface area contributed by atoms with Crippen LogP contribution in [0.4, 0.5) is 0 Å². The van der Waals surface area contributed by atoms with Gasteiger partial charge < -0.3 is 4.98 Å². The zero-order chi connectivity index (χ0) is 19.1. The van der Waals surface area contributed by atoms with Gasteiger partial charge >= 0.3 is 0 Å². The van der Waals surface area contributed by atoms with Crippen LogP contribution in [0.1, 0.15) is 42.6 Å². The van der Waals surface area contributed by atoms with E-state index in [-0.39, 0.29) is 10.8 Å². The normalized spacial score (nSPS) is 15.0. The first-order valence-corrected chi connectivity index (χ1v) is 10.2. The van der Waals surface area contributed by atoms with Crippen LogP contribution in [0.3, 0.4) is 0 Å². The number of H-pyrrole nitrogens is 1. The molecule has 1 fully saturated rings. The van der Waals surface area contributed by atoms with E-state index in [1.54, 1.807) is 17.8 Å².